The molecule has 1 rings (SSSR count). The van der Waals surface area contributed by atoms with Gasteiger partial charge in [-0.15, -0.1) is 11.6 Å². The van der Waals surface area contributed by atoms with Gasteiger partial charge in [-0.1, -0.05) is 20.3 Å². The number of rotatable bonds is 6. The predicted molar refractivity (Wildman–Crippen MR) is 64.1 cm³/mol. The fourth-order valence-corrected chi connectivity index (χ4v) is 2.22. The minimum absolute atomic E-state index is 0.122. The highest BCUT2D eigenvalue weighted by Crippen LogP contribution is 2.29. The highest BCUT2D eigenvalue weighted by atomic mass is 35.5. The largest absolute Gasteiger partial charge is 0.356 e. The van der Waals surface area contributed by atoms with E-state index in [0.717, 1.165) is 19.4 Å². The van der Waals surface area contributed by atoms with Crippen molar-refractivity contribution >= 4 is 17.5 Å². The van der Waals surface area contributed by atoms with E-state index in [1.54, 1.807) is 0 Å². The fourth-order valence-electron chi connectivity index (χ4n) is 1.71. The summed E-state index contributed by atoms with van der Waals surface area (Å²) in [5, 5.41) is 3.01. The average molecular weight is 232 g/mol. The molecule has 0 aromatic heterocycles. The summed E-state index contributed by atoms with van der Waals surface area (Å²) in [6, 6.07) is 0. The molecule has 0 spiro atoms. The molecular formula is C12H22ClNO. The third-order valence-electron chi connectivity index (χ3n) is 3.23. The van der Waals surface area contributed by atoms with E-state index in [2.05, 4.69) is 19.2 Å². The summed E-state index contributed by atoms with van der Waals surface area (Å²) in [5.74, 6) is 1.52. The molecule has 0 radical (unpaired) electrons. The van der Waals surface area contributed by atoms with Gasteiger partial charge in [-0.3, -0.25) is 4.79 Å². The molecule has 3 heteroatoms. The number of nitrogens with one attached hydrogen (secondary N) is 1. The molecule has 0 aliphatic heterocycles. The maximum atomic E-state index is 11.6. The Bertz CT molecular complexity index is 212. The van der Waals surface area contributed by atoms with E-state index in [-0.39, 0.29) is 11.3 Å². The van der Waals surface area contributed by atoms with Crippen LogP contribution in [-0.4, -0.2) is 18.3 Å². The van der Waals surface area contributed by atoms with Crippen LogP contribution < -0.4 is 5.32 Å². The highest BCUT2D eigenvalue weighted by molar-refractivity contribution is 6.17. The summed E-state index contributed by atoms with van der Waals surface area (Å²) in [6.45, 7) is 5.02. The molecular weight excluding hydrogens is 210 g/mol. The van der Waals surface area contributed by atoms with Crippen molar-refractivity contribution in [1.82, 2.24) is 5.32 Å². The van der Waals surface area contributed by atoms with Crippen LogP contribution in [0.2, 0.25) is 0 Å². The van der Waals surface area contributed by atoms with Gasteiger partial charge in [-0.2, -0.15) is 0 Å². The lowest BCUT2D eigenvalue weighted by Gasteiger charge is -2.27. The van der Waals surface area contributed by atoms with Crippen LogP contribution >= 0.6 is 11.6 Å². The Morgan fingerprint density at radius 1 is 1.47 bits per heavy atom. The molecule has 1 aliphatic carbocycles. The molecule has 15 heavy (non-hydrogen) atoms. The third-order valence-corrected chi connectivity index (χ3v) is 3.42. The van der Waals surface area contributed by atoms with Gasteiger partial charge in [0.05, 0.1) is 0 Å². The Labute approximate surface area is 97.8 Å². The van der Waals surface area contributed by atoms with Crippen LogP contribution in [0.1, 0.15) is 46.0 Å². The molecule has 1 aliphatic rings. The van der Waals surface area contributed by atoms with E-state index in [1.165, 1.54) is 19.3 Å². The van der Waals surface area contributed by atoms with Gasteiger partial charge in [0.25, 0.3) is 0 Å². The third kappa shape index (κ3) is 4.87. The number of amides is 1. The predicted octanol–water partition coefficient (Wildman–Crippen LogP) is 2.95. The summed E-state index contributed by atoms with van der Waals surface area (Å²) in [7, 11) is 0. The maximum absolute atomic E-state index is 11.6. The van der Waals surface area contributed by atoms with Gasteiger partial charge < -0.3 is 5.32 Å². The van der Waals surface area contributed by atoms with E-state index in [4.69, 9.17) is 11.6 Å². The van der Waals surface area contributed by atoms with Crippen LogP contribution in [-0.2, 0) is 4.79 Å². The van der Waals surface area contributed by atoms with Gasteiger partial charge in [0, 0.05) is 18.8 Å². The Hall–Kier alpha value is -0.240. The first-order valence-electron chi connectivity index (χ1n) is 5.86. The zero-order valence-corrected chi connectivity index (χ0v) is 10.6. The number of alkyl halides is 1. The lowest BCUT2D eigenvalue weighted by molar-refractivity contribution is -0.123. The first kappa shape index (κ1) is 12.8. The van der Waals surface area contributed by atoms with Crippen molar-refractivity contribution in [2.45, 2.75) is 46.0 Å². The Morgan fingerprint density at radius 3 is 2.60 bits per heavy atom. The van der Waals surface area contributed by atoms with Gasteiger partial charge >= 0.3 is 0 Å². The van der Waals surface area contributed by atoms with E-state index in [9.17, 15) is 4.79 Å². The summed E-state index contributed by atoms with van der Waals surface area (Å²) in [4.78, 5) is 11.6. The molecule has 2 nitrogen and oxygen atoms in total. The number of carbonyl (C=O) groups excluding carboxylic acids is 1. The summed E-state index contributed by atoms with van der Waals surface area (Å²) < 4.78 is 0. The number of halogens is 1. The van der Waals surface area contributed by atoms with Crippen molar-refractivity contribution in [3.63, 3.8) is 0 Å². The van der Waals surface area contributed by atoms with Gasteiger partial charge in [0.15, 0.2) is 0 Å². The summed E-state index contributed by atoms with van der Waals surface area (Å²) in [5.41, 5.74) is 0.122. The Morgan fingerprint density at radius 2 is 2.13 bits per heavy atom. The quantitative estimate of drug-likeness (QED) is 0.700. The molecule has 1 fully saturated rings. The second-order valence-electron chi connectivity index (χ2n) is 5.38. The Kier molecular flexibility index (Phi) is 4.91. The smallest absolute Gasteiger partial charge is 0.220 e. The molecule has 0 atom stereocenters. The monoisotopic (exact) mass is 231 g/mol. The molecule has 1 N–H and O–H groups in total. The Balaban J connectivity index is 2.14. The maximum Gasteiger partial charge on any atom is 0.220 e. The van der Waals surface area contributed by atoms with E-state index >= 15 is 0 Å². The molecule has 1 amide bonds. The molecule has 0 bridgehead atoms. The van der Waals surface area contributed by atoms with Crippen LogP contribution in [0.4, 0.5) is 0 Å². The van der Waals surface area contributed by atoms with Crippen molar-refractivity contribution < 1.29 is 4.79 Å². The van der Waals surface area contributed by atoms with Crippen molar-refractivity contribution in [2.24, 2.45) is 11.3 Å². The molecule has 0 heterocycles. The fraction of sp³-hybridized carbons (Fsp3) is 0.917. The van der Waals surface area contributed by atoms with Crippen molar-refractivity contribution in [2.75, 3.05) is 12.4 Å². The van der Waals surface area contributed by atoms with Crippen LogP contribution in [0.3, 0.4) is 0 Å². The number of hydrogen-bond donors (Lipinski definition) is 1. The second kappa shape index (κ2) is 5.74. The van der Waals surface area contributed by atoms with E-state index in [0.29, 0.717) is 11.8 Å². The molecule has 0 saturated heterocycles. The topological polar surface area (TPSA) is 29.1 Å². The molecule has 0 unspecified atom stereocenters. The van der Waals surface area contributed by atoms with Crippen LogP contribution in [0.15, 0.2) is 0 Å². The van der Waals surface area contributed by atoms with E-state index in [1.807, 2.05) is 0 Å². The number of hydrogen-bond acceptors (Lipinski definition) is 1. The normalized spacial score (nSPS) is 17.3. The van der Waals surface area contributed by atoms with Crippen molar-refractivity contribution in [3.05, 3.63) is 0 Å². The minimum Gasteiger partial charge on any atom is -0.356 e. The lowest BCUT2D eigenvalue weighted by Crippen LogP contribution is -2.35. The zero-order chi connectivity index (χ0) is 11.3. The summed E-state index contributed by atoms with van der Waals surface area (Å²) in [6.07, 6.45) is 5.43. The molecule has 88 valence electrons. The highest BCUT2D eigenvalue weighted by Gasteiger charge is 2.22. The zero-order valence-electron chi connectivity index (χ0n) is 9.81. The molecule has 0 aromatic rings. The minimum atomic E-state index is 0.122. The standard InChI is InChI=1S/C12H22ClNO/c1-12(2,6-7-13)9-14-11(15)8-10-4-3-5-10/h10H,3-9H2,1-2H3,(H,14,15). The second-order valence-corrected chi connectivity index (χ2v) is 5.76. The first-order valence-corrected chi connectivity index (χ1v) is 6.39. The first-order chi connectivity index (χ1) is 7.03. The van der Waals surface area contributed by atoms with Gasteiger partial charge in [-0.25, -0.2) is 0 Å². The van der Waals surface area contributed by atoms with E-state index < -0.39 is 0 Å². The van der Waals surface area contributed by atoms with Gasteiger partial charge in [0.1, 0.15) is 0 Å². The molecule has 0 aromatic carbocycles. The molecule has 1 saturated carbocycles. The summed E-state index contributed by atoms with van der Waals surface area (Å²) >= 11 is 5.70. The van der Waals surface area contributed by atoms with Gasteiger partial charge in [-0.05, 0) is 30.6 Å². The van der Waals surface area contributed by atoms with Gasteiger partial charge in [0.2, 0.25) is 5.91 Å². The van der Waals surface area contributed by atoms with Crippen molar-refractivity contribution in [1.29, 1.82) is 0 Å². The van der Waals surface area contributed by atoms with Crippen LogP contribution in [0.5, 0.6) is 0 Å². The van der Waals surface area contributed by atoms with Crippen LogP contribution in [0.25, 0.3) is 0 Å². The van der Waals surface area contributed by atoms with Crippen LogP contribution in [0, 0.1) is 11.3 Å². The van der Waals surface area contributed by atoms with Crippen molar-refractivity contribution in [3.8, 4) is 0 Å². The average Bonchev–Trinajstić information content (AvgIpc) is 2.08. The number of carbonyl (C=O) groups is 1. The SMILES string of the molecule is CC(C)(CCCl)CNC(=O)CC1CCC1. The lowest BCUT2D eigenvalue weighted by atomic mass is 9.82.